The van der Waals surface area contributed by atoms with Gasteiger partial charge in [0.25, 0.3) is 0 Å². The van der Waals surface area contributed by atoms with Crippen LogP contribution in [0.15, 0.2) is 64.4 Å². The van der Waals surface area contributed by atoms with Gasteiger partial charge in [-0.2, -0.15) is 0 Å². The monoisotopic (exact) mass is 406 g/mol. The maximum Gasteiger partial charge on any atom is 0.247 e. The number of benzene rings is 2. The Bertz CT molecular complexity index is 1120. The zero-order chi connectivity index (χ0) is 20.4. The van der Waals surface area contributed by atoms with E-state index < -0.39 is 0 Å². The van der Waals surface area contributed by atoms with Gasteiger partial charge in [0.05, 0.1) is 18.0 Å². The van der Waals surface area contributed by atoms with E-state index in [4.69, 9.17) is 9.15 Å². The Morgan fingerprint density at radius 3 is 2.62 bits per heavy atom. The summed E-state index contributed by atoms with van der Waals surface area (Å²) >= 11 is 1.59. The highest BCUT2D eigenvalue weighted by molar-refractivity contribution is 7.99. The molecule has 2 aromatic heterocycles. The molecule has 0 aliphatic rings. The highest BCUT2D eigenvalue weighted by Gasteiger charge is 2.19. The summed E-state index contributed by atoms with van der Waals surface area (Å²) in [5.41, 5.74) is 4.40. The van der Waals surface area contributed by atoms with Gasteiger partial charge in [-0.05, 0) is 62.2 Å². The molecule has 0 amide bonds. The van der Waals surface area contributed by atoms with Crippen molar-refractivity contribution in [3.8, 4) is 22.9 Å². The molecule has 0 saturated heterocycles. The summed E-state index contributed by atoms with van der Waals surface area (Å²) in [7, 11) is 1.64. The average molecular weight is 407 g/mol. The number of imidazole rings is 1. The van der Waals surface area contributed by atoms with Crippen LogP contribution in [0.3, 0.4) is 0 Å². The summed E-state index contributed by atoms with van der Waals surface area (Å²) < 4.78 is 13.2. The Morgan fingerprint density at radius 2 is 1.86 bits per heavy atom. The molecule has 0 radical (unpaired) electrons. The van der Waals surface area contributed by atoms with Crippen molar-refractivity contribution in [3.05, 3.63) is 71.9 Å². The van der Waals surface area contributed by atoms with Crippen LogP contribution in [0.1, 0.15) is 29.2 Å². The molecule has 7 heteroatoms. The molecule has 1 unspecified atom stereocenters. The standard InChI is InChI=1S/C22H22N4O2S/c1-14-5-6-15(2)19(13-14)26-12-11-23-22(26)29-16(3)20-24-25-21(28-20)17-7-9-18(27-4)10-8-17/h5-13,16H,1-4H3. The van der Waals surface area contributed by atoms with E-state index >= 15 is 0 Å². The number of hydrogen-bond acceptors (Lipinski definition) is 6. The third-order valence-electron chi connectivity index (χ3n) is 4.64. The molecule has 1 atom stereocenters. The van der Waals surface area contributed by atoms with Crippen molar-refractivity contribution < 1.29 is 9.15 Å². The summed E-state index contributed by atoms with van der Waals surface area (Å²) in [5.74, 6) is 1.85. The molecular weight excluding hydrogens is 384 g/mol. The van der Waals surface area contributed by atoms with Crippen molar-refractivity contribution in [2.45, 2.75) is 31.2 Å². The Morgan fingerprint density at radius 1 is 1.07 bits per heavy atom. The van der Waals surface area contributed by atoms with Crippen LogP contribution >= 0.6 is 11.8 Å². The third-order valence-corrected chi connectivity index (χ3v) is 5.71. The Balaban J connectivity index is 1.55. The summed E-state index contributed by atoms with van der Waals surface area (Å²) in [5, 5.41) is 9.29. The zero-order valence-electron chi connectivity index (χ0n) is 16.8. The summed E-state index contributed by atoms with van der Waals surface area (Å²) in [4.78, 5) is 4.54. The lowest BCUT2D eigenvalue weighted by Gasteiger charge is -2.13. The molecule has 0 saturated carbocycles. The van der Waals surface area contributed by atoms with E-state index in [0.717, 1.165) is 22.2 Å². The van der Waals surface area contributed by atoms with Crippen molar-refractivity contribution in [1.29, 1.82) is 0 Å². The lowest BCUT2D eigenvalue weighted by atomic mass is 10.1. The third kappa shape index (κ3) is 4.05. The molecule has 0 aliphatic carbocycles. The number of rotatable bonds is 6. The number of aromatic nitrogens is 4. The van der Waals surface area contributed by atoms with Crippen LogP contribution in [0.5, 0.6) is 5.75 Å². The van der Waals surface area contributed by atoms with E-state index in [1.807, 2.05) is 43.6 Å². The van der Waals surface area contributed by atoms with Gasteiger partial charge in [-0.1, -0.05) is 23.9 Å². The molecule has 0 N–H and O–H groups in total. The van der Waals surface area contributed by atoms with Crippen LogP contribution in [0.25, 0.3) is 17.1 Å². The molecule has 0 fully saturated rings. The molecule has 29 heavy (non-hydrogen) atoms. The van der Waals surface area contributed by atoms with Crippen LogP contribution < -0.4 is 4.74 Å². The minimum Gasteiger partial charge on any atom is -0.497 e. The van der Waals surface area contributed by atoms with Gasteiger partial charge in [0.2, 0.25) is 11.8 Å². The van der Waals surface area contributed by atoms with Gasteiger partial charge in [-0.15, -0.1) is 10.2 Å². The number of thioether (sulfide) groups is 1. The highest BCUT2D eigenvalue weighted by atomic mass is 32.2. The Labute approximate surface area is 174 Å². The molecule has 0 bridgehead atoms. The maximum absolute atomic E-state index is 5.92. The van der Waals surface area contributed by atoms with Crippen molar-refractivity contribution in [2.24, 2.45) is 0 Å². The van der Waals surface area contributed by atoms with E-state index in [9.17, 15) is 0 Å². The topological polar surface area (TPSA) is 66.0 Å². The number of nitrogens with zero attached hydrogens (tertiary/aromatic N) is 4. The first kappa shape index (κ1) is 19.3. The van der Waals surface area contributed by atoms with Crippen LogP contribution in [0.2, 0.25) is 0 Å². The molecule has 4 aromatic rings. The molecule has 148 valence electrons. The van der Waals surface area contributed by atoms with E-state index in [1.54, 1.807) is 18.9 Å². The van der Waals surface area contributed by atoms with Crippen LogP contribution in [-0.2, 0) is 0 Å². The second-order valence-corrected chi connectivity index (χ2v) is 8.11. The maximum atomic E-state index is 5.92. The van der Waals surface area contributed by atoms with Crippen LogP contribution in [0.4, 0.5) is 0 Å². The fourth-order valence-electron chi connectivity index (χ4n) is 3.00. The largest absolute Gasteiger partial charge is 0.497 e. The quantitative estimate of drug-likeness (QED) is 0.399. The fraction of sp³-hybridized carbons (Fsp3) is 0.227. The predicted octanol–water partition coefficient (Wildman–Crippen LogP) is 5.40. The first-order valence-electron chi connectivity index (χ1n) is 9.30. The van der Waals surface area contributed by atoms with E-state index in [0.29, 0.717) is 11.8 Å². The lowest BCUT2D eigenvalue weighted by molar-refractivity contribution is 0.415. The zero-order valence-corrected chi connectivity index (χ0v) is 17.6. The lowest BCUT2D eigenvalue weighted by Crippen LogP contribution is -2.00. The van der Waals surface area contributed by atoms with E-state index in [-0.39, 0.29) is 5.25 Å². The number of aryl methyl sites for hydroxylation is 2. The van der Waals surface area contributed by atoms with Crippen molar-refractivity contribution in [3.63, 3.8) is 0 Å². The minimum absolute atomic E-state index is 0.0410. The normalized spacial score (nSPS) is 12.1. The number of hydrogen-bond donors (Lipinski definition) is 0. The van der Waals surface area contributed by atoms with Gasteiger partial charge in [0, 0.05) is 18.0 Å². The molecular formula is C22H22N4O2S. The SMILES string of the molecule is COc1ccc(-c2nnc(C(C)Sc3nccn3-c3cc(C)ccc3C)o2)cc1. The van der Waals surface area contributed by atoms with Crippen LogP contribution in [-0.4, -0.2) is 26.9 Å². The second kappa shape index (κ2) is 8.13. The van der Waals surface area contributed by atoms with Gasteiger partial charge in [-0.3, -0.25) is 4.57 Å². The summed E-state index contributed by atoms with van der Waals surface area (Å²) in [6, 6.07) is 14.0. The number of methoxy groups -OCH3 is 1. The van der Waals surface area contributed by atoms with Crippen molar-refractivity contribution >= 4 is 11.8 Å². The fourth-order valence-corrected chi connectivity index (χ4v) is 3.90. The molecule has 2 heterocycles. The van der Waals surface area contributed by atoms with Crippen molar-refractivity contribution in [2.75, 3.05) is 7.11 Å². The van der Waals surface area contributed by atoms with Gasteiger partial charge < -0.3 is 9.15 Å². The summed E-state index contributed by atoms with van der Waals surface area (Å²) in [6.45, 7) is 6.23. The first-order valence-corrected chi connectivity index (χ1v) is 10.2. The first-order chi connectivity index (χ1) is 14.0. The molecule has 4 rings (SSSR count). The van der Waals surface area contributed by atoms with Crippen molar-refractivity contribution in [1.82, 2.24) is 19.7 Å². The average Bonchev–Trinajstić information content (AvgIpc) is 3.40. The number of ether oxygens (including phenoxy) is 1. The van der Waals surface area contributed by atoms with Gasteiger partial charge in [0.1, 0.15) is 5.75 Å². The molecule has 2 aromatic carbocycles. The predicted molar refractivity (Wildman–Crippen MR) is 114 cm³/mol. The van der Waals surface area contributed by atoms with E-state index in [1.165, 1.54) is 11.1 Å². The van der Waals surface area contributed by atoms with Crippen LogP contribution in [0, 0.1) is 13.8 Å². The summed E-state index contributed by atoms with van der Waals surface area (Å²) in [6.07, 6.45) is 3.79. The Kier molecular flexibility index (Phi) is 5.40. The second-order valence-electron chi connectivity index (χ2n) is 6.80. The minimum atomic E-state index is -0.0410. The molecule has 0 spiro atoms. The Hall–Kier alpha value is -3.06. The molecule has 6 nitrogen and oxygen atoms in total. The molecule has 0 aliphatic heterocycles. The van der Waals surface area contributed by atoms with E-state index in [2.05, 4.69) is 51.8 Å². The smallest absolute Gasteiger partial charge is 0.247 e. The van der Waals surface area contributed by atoms with Gasteiger partial charge in [-0.25, -0.2) is 4.98 Å². The van der Waals surface area contributed by atoms with Gasteiger partial charge >= 0.3 is 0 Å². The van der Waals surface area contributed by atoms with Gasteiger partial charge in [0.15, 0.2) is 5.16 Å². The highest BCUT2D eigenvalue weighted by Crippen LogP contribution is 2.36.